The normalized spacial score (nSPS) is 10.7. The Morgan fingerprint density at radius 1 is 1.14 bits per heavy atom. The number of ether oxygens (including phenoxy) is 1. The van der Waals surface area contributed by atoms with E-state index in [0.717, 1.165) is 22.4 Å². The van der Waals surface area contributed by atoms with Crippen molar-refractivity contribution in [2.75, 3.05) is 0 Å². The third-order valence-corrected chi connectivity index (χ3v) is 3.65. The molecular weight excluding hydrogens is 300 g/mol. The van der Waals surface area contributed by atoms with Crippen LogP contribution in [-0.4, -0.2) is 10.1 Å². The van der Waals surface area contributed by atoms with Crippen molar-refractivity contribution in [3.05, 3.63) is 64.4 Å². The maximum atomic E-state index is 5.99. The Morgan fingerprint density at radius 2 is 2.00 bits per heavy atom. The largest absolute Gasteiger partial charge is 0.485 e. The molecule has 0 radical (unpaired) electrons. The minimum absolute atomic E-state index is 0.246. The van der Waals surface area contributed by atoms with Gasteiger partial charge in [0.1, 0.15) is 5.75 Å². The highest BCUT2D eigenvalue weighted by atomic mass is 35.5. The summed E-state index contributed by atoms with van der Waals surface area (Å²) in [6.07, 6.45) is 0. The number of aromatic nitrogens is 2. The summed E-state index contributed by atoms with van der Waals surface area (Å²) in [7, 11) is 0. The molecule has 0 atom stereocenters. The molecule has 1 aromatic heterocycles. The summed E-state index contributed by atoms with van der Waals surface area (Å²) in [4.78, 5) is 4.35. The van der Waals surface area contributed by atoms with Crippen molar-refractivity contribution >= 4 is 11.6 Å². The minimum Gasteiger partial charge on any atom is -0.485 e. The van der Waals surface area contributed by atoms with E-state index in [1.165, 1.54) is 0 Å². The van der Waals surface area contributed by atoms with E-state index in [2.05, 4.69) is 10.1 Å². The molecule has 0 saturated heterocycles. The molecule has 0 aliphatic carbocycles. The summed E-state index contributed by atoms with van der Waals surface area (Å²) in [6.45, 7) is 4.20. The Labute approximate surface area is 133 Å². The average Bonchev–Trinajstić information content (AvgIpc) is 2.97. The average molecular weight is 315 g/mol. The molecule has 0 spiro atoms. The van der Waals surface area contributed by atoms with E-state index in [4.69, 9.17) is 20.9 Å². The molecule has 0 unspecified atom stereocenters. The highest BCUT2D eigenvalue weighted by molar-refractivity contribution is 6.31. The lowest BCUT2D eigenvalue weighted by Gasteiger charge is -2.05. The van der Waals surface area contributed by atoms with Gasteiger partial charge in [-0.15, -0.1) is 0 Å². The molecule has 0 saturated carbocycles. The molecule has 1 heterocycles. The molecule has 112 valence electrons. The number of hydrogen-bond donors (Lipinski definition) is 0. The first-order valence-electron chi connectivity index (χ1n) is 6.90. The Hall–Kier alpha value is -2.33. The molecule has 0 fully saturated rings. The first-order valence-corrected chi connectivity index (χ1v) is 7.28. The molecule has 22 heavy (non-hydrogen) atoms. The van der Waals surface area contributed by atoms with Crippen LogP contribution in [0.1, 0.15) is 17.0 Å². The predicted molar refractivity (Wildman–Crippen MR) is 85.0 cm³/mol. The summed E-state index contributed by atoms with van der Waals surface area (Å²) in [5.74, 6) is 1.72. The van der Waals surface area contributed by atoms with Gasteiger partial charge in [-0.05, 0) is 49.7 Å². The van der Waals surface area contributed by atoms with Crippen molar-refractivity contribution in [2.45, 2.75) is 20.5 Å². The molecule has 0 amide bonds. The van der Waals surface area contributed by atoms with Crippen LogP contribution < -0.4 is 4.74 Å². The van der Waals surface area contributed by atoms with Gasteiger partial charge in [0.25, 0.3) is 5.89 Å². The van der Waals surface area contributed by atoms with Crippen molar-refractivity contribution in [1.82, 2.24) is 10.1 Å². The van der Waals surface area contributed by atoms with Gasteiger partial charge in [0.2, 0.25) is 5.82 Å². The molecule has 0 aliphatic heterocycles. The minimum atomic E-state index is 0.246. The van der Waals surface area contributed by atoms with Gasteiger partial charge in [-0.2, -0.15) is 4.98 Å². The lowest BCUT2D eigenvalue weighted by atomic mass is 10.1. The zero-order valence-corrected chi connectivity index (χ0v) is 13.1. The van der Waals surface area contributed by atoms with Crippen LogP contribution in [0.15, 0.2) is 47.0 Å². The van der Waals surface area contributed by atoms with Crippen molar-refractivity contribution in [3.8, 4) is 17.2 Å². The third-order valence-electron chi connectivity index (χ3n) is 3.23. The lowest BCUT2D eigenvalue weighted by molar-refractivity contribution is 0.287. The van der Waals surface area contributed by atoms with Gasteiger partial charge >= 0.3 is 0 Å². The second-order valence-electron chi connectivity index (χ2n) is 5.08. The van der Waals surface area contributed by atoms with Crippen molar-refractivity contribution in [2.24, 2.45) is 0 Å². The number of nitrogens with zero attached hydrogens (tertiary/aromatic N) is 2. The zero-order valence-electron chi connectivity index (χ0n) is 12.3. The van der Waals surface area contributed by atoms with E-state index in [-0.39, 0.29) is 6.61 Å². The number of hydrogen-bond acceptors (Lipinski definition) is 4. The van der Waals surface area contributed by atoms with E-state index in [9.17, 15) is 0 Å². The zero-order chi connectivity index (χ0) is 15.5. The van der Waals surface area contributed by atoms with Gasteiger partial charge < -0.3 is 9.26 Å². The quantitative estimate of drug-likeness (QED) is 0.707. The summed E-state index contributed by atoms with van der Waals surface area (Å²) >= 11 is 5.99. The Bertz CT molecular complexity index is 799. The molecule has 0 aliphatic rings. The lowest BCUT2D eigenvalue weighted by Crippen LogP contribution is -1.97. The summed E-state index contributed by atoms with van der Waals surface area (Å²) in [5, 5.41) is 4.66. The van der Waals surface area contributed by atoms with Gasteiger partial charge in [-0.25, -0.2) is 0 Å². The van der Waals surface area contributed by atoms with Crippen LogP contribution >= 0.6 is 11.6 Å². The second-order valence-corrected chi connectivity index (χ2v) is 5.49. The van der Waals surface area contributed by atoms with E-state index in [1.807, 2.05) is 50.2 Å². The molecular formula is C17H15ClN2O2. The first kappa shape index (κ1) is 14.6. The molecule has 3 aromatic rings. The van der Waals surface area contributed by atoms with E-state index < -0.39 is 0 Å². The van der Waals surface area contributed by atoms with Crippen molar-refractivity contribution in [3.63, 3.8) is 0 Å². The first-order chi connectivity index (χ1) is 10.6. The van der Waals surface area contributed by atoms with Crippen LogP contribution in [0.5, 0.6) is 5.75 Å². The van der Waals surface area contributed by atoms with Gasteiger partial charge in [0.05, 0.1) is 0 Å². The van der Waals surface area contributed by atoms with Crippen LogP contribution in [0.25, 0.3) is 11.5 Å². The van der Waals surface area contributed by atoms with Gasteiger partial charge in [-0.3, -0.25) is 0 Å². The predicted octanol–water partition coefficient (Wildman–Crippen LogP) is 4.59. The molecule has 4 nitrogen and oxygen atoms in total. The van der Waals surface area contributed by atoms with Crippen molar-refractivity contribution in [1.29, 1.82) is 0 Å². The Balaban J connectivity index is 1.70. The second kappa shape index (κ2) is 6.20. The molecule has 5 heteroatoms. The van der Waals surface area contributed by atoms with Gasteiger partial charge in [-0.1, -0.05) is 34.5 Å². The van der Waals surface area contributed by atoms with Crippen LogP contribution in [0.2, 0.25) is 5.02 Å². The summed E-state index contributed by atoms with van der Waals surface area (Å²) in [5.41, 5.74) is 3.01. The Kier molecular flexibility index (Phi) is 4.11. The SMILES string of the molecule is Cc1cccc(-c2nc(COc3ccc(Cl)c(C)c3)no2)c1. The monoisotopic (exact) mass is 314 g/mol. The molecule has 0 bridgehead atoms. The van der Waals surface area contributed by atoms with Crippen LogP contribution in [0.3, 0.4) is 0 Å². The van der Waals surface area contributed by atoms with E-state index >= 15 is 0 Å². The molecule has 0 N–H and O–H groups in total. The fraction of sp³-hybridized carbons (Fsp3) is 0.176. The third kappa shape index (κ3) is 3.28. The number of benzene rings is 2. The maximum absolute atomic E-state index is 5.99. The topological polar surface area (TPSA) is 48.2 Å². The smallest absolute Gasteiger partial charge is 0.258 e. The highest BCUT2D eigenvalue weighted by Crippen LogP contribution is 2.22. The maximum Gasteiger partial charge on any atom is 0.258 e. The number of rotatable bonds is 4. The fourth-order valence-corrected chi connectivity index (χ4v) is 2.18. The van der Waals surface area contributed by atoms with Crippen LogP contribution in [-0.2, 0) is 6.61 Å². The van der Waals surface area contributed by atoms with Gasteiger partial charge in [0.15, 0.2) is 6.61 Å². The summed E-state index contributed by atoms with van der Waals surface area (Å²) in [6, 6.07) is 13.4. The van der Waals surface area contributed by atoms with E-state index in [0.29, 0.717) is 16.7 Å². The Morgan fingerprint density at radius 3 is 2.77 bits per heavy atom. The standard InChI is InChI=1S/C17H15ClN2O2/c1-11-4-3-5-13(8-11)17-19-16(20-22-17)10-21-14-6-7-15(18)12(2)9-14/h3-9H,10H2,1-2H3. The molecule has 3 rings (SSSR count). The highest BCUT2D eigenvalue weighted by Gasteiger charge is 2.09. The van der Waals surface area contributed by atoms with Crippen molar-refractivity contribution < 1.29 is 9.26 Å². The van der Waals surface area contributed by atoms with Crippen LogP contribution in [0.4, 0.5) is 0 Å². The summed E-state index contributed by atoms with van der Waals surface area (Å²) < 4.78 is 10.9. The van der Waals surface area contributed by atoms with Gasteiger partial charge in [0, 0.05) is 10.6 Å². The fourth-order valence-electron chi connectivity index (χ4n) is 2.06. The number of aryl methyl sites for hydroxylation is 2. The number of halogens is 1. The molecule has 2 aromatic carbocycles. The van der Waals surface area contributed by atoms with Crippen LogP contribution in [0, 0.1) is 13.8 Å². The van der Waals surface area contributed by atoms with E-state index in [1.54, 1.807) is 6.07 Å².